The van der Waals surface area contributed by atoms with Gasteiger partial charge in [-0.3, -0.25) is 4.79 Å². The average molecular weight is 364 g/mol. The number of carbonyl (C=O) groups is 1. The normalized spacial score (nSPS) is 14.8. The number of halogens is 2. The lowest BCUT2D eigenvalue weighted by Crippen LogP contribution is -2.53. The minimum absolute atomic E-state index is 0. The first-order valence-corrected chi connectivity index (χ1v) is 7.48. The summed E-state index contributed by atoms with van der Waals surface area (Å²) in [5.74, 6) is -0.0704. The molecule has 3 N–H and O–H groups in total. The zero-order chi connectivity index (χ0) is 14.5. The average Bonchev–Trinajstić information content (AvgIpc) is 2.32. The summed E-state index contributed by atoms with van der Waals surface area (Å²) in [6, 6.07) is 8.21. The van der Waals surface area contributed by atoms with Crippen LogP contribution in [0, 0.1) is 0 Å². The highest BCUT2D eigenvalue weighted by molar-refractivity contribution is 9.10. The van der Waals surface area contributed by atoms with Gasteiger partial charge in [0.2, 0.25) is 5.91 Å². The van der Waals surface area contributed by atoms with Crippen molar-refractivity contribution in [1.82, 2.24) is 5.32 Å². The Kier molecular flexibility index (Phi) is 8.40. The van der Waals surface area contributed by atoms with Crippen molar-refractivity contribution in [2.45, 2.75) is 51.6 Å². The lowest BCUT2D eigenvalue weighted by atomic mass is 9.95. The lowest BCUT2D eigenvalue weighted by Gasteiger charge is -2.25. The number of carbonyl (C=O) groups excluding carboxylic acids is 1. The molecule has 0 radical (unpaired) electrons. The van der Waals surface area contributed by atoms with E-state index in [0.717, 1.165) is 17.3 Å². The lowest BCUT2D eigenvalue weighted by molar-refractivity contribution is -0.126. The first-order chi connectivity index (χ1) is 8.85. The summed E-state index contributed by atoms with van der Waals surface area (Å²) >= 11 is 3.41. The first kappa shape index (κ1) is 19.4. The van der Waals surface area contributed by atoms with Gasteiger partial charge in [0.25, 0.3) is 0 Å². The SMILES string of the molecule is CCCC(C)(N)C(=O)NC(C)Cc1ccc(Br)cc1.Cl. The van der Waals surface area contributed by atoms with Crippen LogP contribution in [0.5, 0.6) is 0 Å². The van der Waals surface area contributed by atoms with Gasteiger partial charge in [-0.05, 0) is 44.4 Å². The number of amides is 1. The molecule has 1 amide bonds. The van der Waals surface area contributed by atoms with E-state index in [0.29, 0.717) is 6.42 Å². The second-order valence-electron chi connectivity index (χ2n) is 5.37. The van der Waals surface area contributed by atoms with E-state index in [2.05, 4.69) is 33.4 Å². The Labute approximate surface area is 136 Å². The van der Waals surface area contributed by atoms with E-state index in [1.165, 1.54) is 5.56 Å². The van der Waals surface area contributed by atoms with Crippen molar-refractivity contribution < 1.29 is 4.79 Å². The van der Waals surface area contributed by atoms with Crippen molar-refractivity contribution in [3.63, 3.8) is 0 Å². The van der Waals surface area contributed by atoms with Crippen molar-refractivity contribution >= 4 is 34.2 Å². The first-order valence-electron chi connectivity index (χ1n) is 6.69. The number of hydrogen-bond donors (Lipinski definition) is 2. The van der Waals surface area contributed by atoms with E-state index in [-0.39, 0.29) is 24.4 Å². The molecule has 0 saturated carbocycles. The van der Waals surface area contributed by atoms with Crippen LogP contribution in [0.1, 0.15) is 39.2 Å². The van der Waals surface area contributed by atoms with Crippen molar-refractivity contribution in [3.8, 4) is 0 Å². The predicted molar refractivity (Wildman–Crippen MR) is 90.2 cm³/mol. The van der Waals surface area contributed by atoms with Crippen LogP contribution in [0.15, 0.2) is 28.7 Å². The molecule has 114 valence electrons. The van der Waals surface area contributed by atoms with Crippen LogP contribution >= 0.6 is 28.3 Å². The molecule has 0 bridgehead atoms. The van der Waals surface area contributed by atoms with Crippen LogP contribution in [0.25, 0.3) is 0 Å². The van der Waals surface area contributed by atoms with Crippen LogP contribution < -0.4 is 11.1 Å². The van der Waals surface area contributed by atoms with Crippen molar-refractivity contribution in [3.05, 3.63) is 34.3 Å². The monoisotopic (exact) mass is 362 g/mol. The number of rotatable bonds is 6. The predicted octanol–water partition coefficient (Wildman–Crippen LogP) is 3.44. The Hall–Kier alpha value is -0.580. The van der Waals surface area contributed by atoms with Gasteiger partial charge in [-0.15, -0.1) is 12.4 Å². The van der Waals surface area contributed by atoms with Gasteiger partial charge in [0.1, 0.15) is 0 Å². The Bertz CT molecular complexity index is 420. The second kappa shape index (κ2) is 8.65. The van der Waals surface area contributed by atoms with E-state index in [9.17, 15) is 4.79 Å². The van der Waals surface area contributed by atoms with Gasteiger partial charge in [-0.25, -0.2) is 0 Å². The molecule has 1 rings (SSSR count). The highest BCUT2D eigenvalue weighted by Crippen LogP contribution is 2.13. The molecule has 0 aliphatic heterocycles. The number of benzene rings is 1. The quantitative estimate of drug-likeness (QED) is 0.813. The number of hydrogen-bond acceptors (Lipinski definition) is 2. The largest absolute Gasteiger partial charge is 0.352 e. The third-order valence-corrected chi connectivity index (χ3v) is 3.65. The summed E-state index contributed by atoms with van der Waals surface area (Å²) in [7, 11) is 0. The molecule has 0 spiro atoms. The van der Waals surface area contributed by atoms with Gasteiger partial charge < -0.3 is 11.1 Å². The van der Waals surface area contributed by atoms with Gasteiger partial charge in [0.05, 0.1) is 5.54 Å². The Morgan fingerprint density at radius 3 is 2.45 bits per heavy atom. The molecule has 5 heteroatoms. The molecule has 1 aromatic carbocycles. The molecular formula is C15H24BrClN2O. The maximum Gasteiger partial charge on any atom is 0.240 e. The van der Waals surface area contributed by atoms with Crippen molar-refractivity contribution in [1.29, 1.82) is 0 Å². The molecule has 0 aliphatic rings. The molecular weight excluding hydrogens is 340 g/mol. The van der Waals surface area contributed by atoms with E-state index in [4.69, 9.17) is 5.73 Å². The Morgan fingerprint density at radius 1 is 1.40 bits per heavy atom. The Morgan fingerprint density at radius 2 is 1.95 bits per heavy atom. The molecule has 2 unspecified atom stereocenters. The highest BCUT2D eigenvalue weighted by atomic mass is 79.9. The summed E-state index contributed by atoms with van der Waals surface area (Å²) in [6.45, 7) is 5.82. The molecule has 0 saturated heterocycles. The third kappa shape index (κ3) is 6.25. The van der Waals surface area contributed by atoms with Gasteiger partial charge >= 0.3 is 0 Å². The summed E-state index contributed by atoms with van der Waals surface area (Å²) in [5.41, 5.74) is 6.44. The topological polar surface area (TPSA) is 55.1 Å². The van der Waals surface area contributed by atoms with Gasteiger partial charge in [0, 0.05) is 10.5 Å². The van der Waals surface area contributed by atoms with E-state index in [1.54, 1.807) is 6.92 Å². The van der Waals surface area contributed by atoms with E-state index < -0.39 is 5.54 Å². The summed E-state index contributed by atoms with van der Waals surface area (Å²) in [4.78, 5) is 12.1. The maximum absolute atomic E-state index is 12.1. The van der Waals surface area contributed by atoms with E-state index in [1.807, 2.05) is 26.0 Å². The third-order valence-electron chi connectivity index (χ3n) is 3.12. The minimum Gasteiger partial charge on any atom is -0.352 e. The smallest absolute Gasteiger partial charge is 0.240 e. The maximum atomic E-state index is 12.1. The zero-order valence-corrected chi connectivity index (χ0v) is 14.7. The van der Waals surface area contributed by atoms with Gasteiger partial charge in [-0.1, -0.05) is 41.4 Å². The van der Waals surface area contributed by atoms with Crippen LogP contribution in [0.2, 0.25) is 0 Å². The fourth-order valence-corrected chi connectivity index (χ4v) is 2.31. The Balaban J connectivity index is 0.00000361. The number of nitrogens with one attached hydrogen (secondary N) is 1. The molecule has 20 heavy (non-hydrogen) atoms. The van der Waals surface area contributed by atoms with E-state index >= 15 is 0 Å². The molecule has 0 aromatic heterocycles. The molecule has 1 aromatic rings. The van der Waals surface area contributed by atoms with Gasteiger partial charge in [-0.2, -0.15) is 0 Å². The molecule has 0 aliphatic carbocycles. The fraction of sp³-hybridized carbons (Fsp3) is 0.533. The van der Waals surface area contributed by atoms with Crippen LogP contribution in [0.4, 0.5) is 0 Å². The molecule has 3 nitrogen and oxygen atoms in total. The number of nitrogens with two attached hydrogens (primary N) is 1. The van der Waals surface area contributed by atoms with Crippen LogP contribution in [-0.4, -0.2) is 17.5 Å². The van der Waals surface area contributed by atoms with Crippen molar-refractivity contribution in [2.24, 2.45) is 5.73 Å². The molecule has 2 atom stereocenters. The minimum atomic E-state index is -0.775. The summed E-state index contributed by atoms with van der Waals surface area (Å²) in [5, 5.41) is 2.99. The van der Waals surface area contributed by atoms with Gasteiger partial charge in [0.15, 0.2) is 0 Å². The second-order valence-corrected chi connectivity index (χ2v) is 6.29. The van der Waals surface area contributed by atoms with Crippen LogP contribution in [-0.2, 0) is 11.2 Å². The van der Waals surface area contributed by atoms with Crippen LogP contribution in [0.3, 0.4) is 0 Å². The highest BCUT2D eigenvalue weighted by Gasteiger charge is 2.27. The zero-order valence-electron chi connectivity index (χ0n) is 12.3. The molecule has 0 fully saturated rings. The standard InChI is InChI=1S/C15H23BrN2O.ClH/c1-4-9-15(3,17)14(19)18-11(2)10-12-5-7-13(16)8-6-12;/h5-8,11H,4,9-10,17H2,1-3H3,(H,18,19);1H. The summed E-state index contributed by atoms with van der Waals surface area (Å²) in [6.07, 6.45) is 2.41. The molecule has 0 heterocycles. The van der Waals surface area contributed by atoms with Crippen molar-refractivity contribution in [2.75, 3.05) is 0 Å². The fourth-order valence-electron chi connectivity index (χ4n) is 2.05. The summed E-state index contributed by atoms with van der Waals surface area (Å²) < 4.78 is 1.06.